The lowest BCUT2D eigenvalue weighted by atomic mass is 9.78. The molecule has 0 spiro atoms. The first kappa shape index (κ1) is 26.5. The van der Waals surface area contributed by atoms with Crippen LogP contribution in [-0.4, -0.2) is 67.9 Å². The van der Waals surface area contributed by atoms with Crippen LogP contribution in [0.2, 0.25) is 0 Å². The third kappa shape index (κ3) is 7.72. The lowest BCUT2D eigenvalue weighted by molar-refractivity contribution is 0.0641. The van der Waals surface area contributed by atoms with Crippen LogP contribution in [0.25, 0.3) is 0 Å². The van der Waals surface area contributed by atoms with Crippen LogP contribution in [0.15, 0.2) is 42.5 Å². The van der Waals surface area contributed by atoms with E-state index in [0.717, 1.165) is 41.2 Å². The number of hydrogen-bond acceptors (Lipinski definition) is 5. The van der Waals surface area contributed by atoms with Crippen molar-refractivity contribution in [2.24, 2.45) is 5.92 Å². The molecule has 0 aromatic heterocycles. The van der Waals surface area contributed by atoms with Crippen LogP contribution in [0.4, 0.5) is 0 Å². The Labute approximate surface area is 216 Å². The van der Waals surface area contributed by atoms with Gasteiger partial charge in [0.25, 0.3) is 0 Å². The molecule has 0 aliphatic carbocycles. The molecule has 7 heteroatoms. The minimum atomic E-state index is -0.491. The molecule has 2 aromatic carbocycles. The van der Waals surface area contributed by atoms with Gasteiger partial charge in [-0.3, -0.25) is 4.90 Å². The number of aliphatic hydroxyl groups excluding tert-OH is 1. The van der Waals surface area contributed by atoms with Crippen molar-refractivity contribution in [3.8, 4) is 11.5 Å². The number of aliphatic hydroxyl groups is 1. The zero-order valence-electron chi connectivity index (χ0n) is 19.8. The summed E-state index contributed by atoms with van der Waals surface area (Å²) in [7, 11) is 0. The number of piperazine rings is 1. The molecule has 1 fully saturated rings. The Hall–Kier alpha value is -1.06. The fraction of sp³-hybridized carbons (Fsp3) is 0.538. The highest BCUT2D eigenvalue weighted by molar-refractivity contribution is 14.1. The van der Waals surface area contributed by atoms with Crippen molar-refractivity contribution in [2.75, 3.05) is 51.8 Å². The number of ether oxygens (including phenoxy) is 2. The van der Waals surface area contributed by atoms with Crippen molar-refractivity contribution >= 4 is 34.2 Å². The third-order valence-electron chi connectivity index (χ3n) is 6.14. The highest BCUT2D eigenvalue weighted by Crippen LogP contribution is 2.35. The molecule has 33 heavy (non-hydrogen) atoms. The smallest absolute Gasteiger partial charge is 0.132 e. The molecule has 1 aliphatic rings. The Morgan fingerprint density at radius 2 is 1.73 bits per heavy atom. The van der Waals surface area contributed by atoms with Gasteiger partial charge >= 0.3 is 0 Å². The molecule has 2 aromatic rings. The largest absolute Gasteiger partial charge is 0.492 e. The summed E-state index contributed by atoms with van der Waals surface area (Å²) in [6, 6.07) is 14.6. The van der Waals surface area contributed by atoms with Gasteiger partial charge in [0.05, 0.1) is 10.2 Å². The monoisotopic (exact) mass is 586 g/mol. The van der Waals surface area contributed by atoms with E-state index in [4.69, 9.17) is 21.1 Å². The van der Waals surface area contributed by atoms with Gasteiger partial charge < -0.3 is 19.9 Å². The summed E-state index contributed by atoms with van der Waals surface area (Å²) in [4.78, 5) is 2.27. The summed E-state index contributed by atoms with van der Waals surface area (Å²) >= 11 is 8.23. The molecule has 182 valence electrons. The fourth-order valence-corrected chi connectivity index (χ4v) is 4.61. The van der Waals surface area contributed by atoms with Crippen molar-refractivity contribution in [1.29, 1.82) is 0 Å². The van der Waals surface area contributed by atoms with E-state index in [0.29, 0.717) is 31.6 Å². The van der Waals surface area contributed by atoms with Gasteiger partial charge in [-0.2, -0.15) is 0 Å². The molecule has 0 bridgehead atoms. The number of alkyl halides is 1. The molecule has 3 rings (SSSR count). The highest BCUT2D eigenvalue weighted by Gasteiger charge is 2.24. The van der Waals surface area contributed by atoms with E-state index in [1.807, 2.05) is 12.1 Å². The molecule has 1 aliphatic heterocycles. The molecule has 0 unspecified atom stereocenters. The van der Waals surface area contributed by atoms with Crippen LogP contribution in [0, 0.1) is 9.49 Å². The maximum Gasteiger partial charge on any atom is 0.132 e. The first-order chi connectivity index (χ1) is 15.8. The SMILES string of the molecule is C[C@@H](CCl)COc1ccc(C(C)(C)c2ccc(OC[C@@H](O)CN3CCNCC3)cc2)cc1I. The lowest BCUT2D eigenvalue weighted by Crippen LogP contribution is -2.47. The Bertz CT molecular complexity index is 872. The number of hydrogen-bond donors (Lipinski definition) is 2. The fourth-order valence-electron chi connectivity index (χ4n) is 3.85. The maximum atomic E-state index is 10.3. The van der Waals surface area contributed by atoms with Gasteiger partial charge in [-0.05, 0) is 58.0 Å². The van der Waals surface area contributed by atoms with Crippen LogP contribution < -0.4 is 14.8 Å². The highest BCUT2D eigenvalue weighted by atomic mass is 127. The first-order valence-electron chi connectivity index (χ1n) is 11.6. The number of nitrogens with one attached hydrogen (secondary N) is 1. The van der Waals surface area contributed by atoms with Crippen molar-refractivity contribution in [3.05, 3.63) is 57.2 Å². The van der Waals surface area contributed by atoms with E-state index in [1.165, 1.54) is 11.1 Å². The number of halogens is 2. The summed E-state index contributed by atoms with van der Waals surface area (Å²) in [6.45, 7) is 12.0. The molecule has 5 nitrogen and oxygen atoms in total. The van der Waals surface area contributed by atoms with Gasteiger partial charge in [0.2, 0.25) is 0 Å². The van der Waals surface area contributed by atoms with Crippen molar-refractivity contribution in [3.63, 3.8) is 0 Å². The molecule has 0 radical (unpaired) electrons. The Morgan fingerprint density at radius 1 is 1.06 bits per heavy atom. The molecule has 2 atom stereocenters. The van der Waals surface area contributed by atoms with Gasteiger partial charge in [-0.25, -0.2) is 0 Å². The Kier molecular flexibility index (Phi) is 10.1. The first-order valence-corrected chi connectivity index (χ1v) is 13.2. The maximum absolute atomic E-state index is 10.3. The van der Waals surface area contributed by atoms with Crippen molar-refractivity contribution < 1.29 is 14.6 Å². The van der Waals surface area contributed by atoms with E-state index in [9.17, 15) is 5.11 Å². The second kappa shape index (κ2) is 12.6. The van der Waals surface area contributed by atoms with Crippen LogP contribution in [-0.2, 0) is 5.41 Å². The summed E-state index contributed by atoms with van der Waals surface area (Å²) in [5.74, 6) is 2.59. The quantitative estimate of drug-likeness (QED) is 0.300. The third-order valence-corrected chi connectivity index (χ3v) is 7.51. The van der Waals surface area contributed by atoms with E-state index in [1.54, 1.807) is 0 Å². The van der Waals surface area contributed by atoms with Crippen molar-refractivity contribution in [2.45, 2.75) is 32.3 Å². The predicted molar refractivity (Wildman–Crippen MR) is 144 cm³/mol. The minimum absolute atomic E-state index is 0.164. The zero-order valence-corrected chi connectivity index (χ0v) is 22.7. The molecular formula is C26H36ClIN2O3. The van der Waals surface area contributed by atoms with Gasteiger partial charge in [-0.1, -0.05) is 39.0 Å². The Balaban J connectivity index is 1.57. The second-order valence-corrected chi connectivity index (χ2v) is 10.9. The van der Waals surface area contributed by atoms with Gasteiger partial charge in [-0.15, -0.1) is 11.6 Å². The van der Waals surface area contributed by atoms with E-state index < -0.39 is 6.10 Å². The summed E-state index contributed by atoms with van der Waals surface area (Å²) in [6.07, 6.45) is -0.491. The van der Waals surface area contributed by atoms with Crippen LogP contribution in [0.1, 0.15) is 31.9 Å². The van der Waals surface area contributed by atoms with Gasteiger partial charge in [0.15, 0.2) is 0 Å². The number of nitrogens with zero attached hydrogens (tertiary/aromatic N) is 1. The zero-order chi connectivity index (χ0) is 23.8. The van der Waals surface area contributed by atoms with Gasteiger partial charge in [0, 0.05) is 49.9 Å². The average Bonchev–Trinajstić information content (AvgIpc) is 2.82. The van der Waals surface area contributed by atoms with Gasteiger partial charge in [0.1, 0.15) is 24.2 Å². The summed E-state index contributed by atoms with van der Waals surface area (Å²) in [5.41, 5.74) is 2.27. The second-order valence-electron chi connectivity index (χ2n) is 9.38. The van der Waals surface area contributed by atoms with E-state index >= 15 is 0 Å². The average molecular weight is 587 g/mol. The topological polar surface area (TPSA) is 54.0 Å². The van der Waals surface area contributed by atoms with Crippen molar-refractivity contribution in [1.82, 2.24) is 10.2 Å². The standard InChI is InChI=1S/C26H36ClIN2O3/c1-19(15-27)17-33-25-9-6-21(14-24(25)28)26(2,3)20-4-7-23(8-5-20)32-18-22(31)16-30-12-10-29-11-13-30/h4-9,14,19,22,29,31H,10-13,15-18H2,1-3H3/t19-,22-/m0/s1. The van der Waals surface area contributed by atoms with E-state index in [-0.39, 0.29) is 5.41 Å². The normalized spacial score (nSPS) is 16.9. The predicted octanol–water partition coefficient (Wildman–Crippen LogP) is 4.52. The number of rotatable bonds is 11. The summed E-state index contributed by atoms with van der Waals surface area (Å²) in [5, 5.41) is 13.6. The number of benzene rings is 2. The van der Waals surface area contributed by atoms with Crippen LogP contribution in [0.5, 0.6) is 11.5 Å². The summed E-state index contributed by atoms with van der Waals surface area (Å²) < 4.78 is 12.9. The molecule has 2 N–H and O–H groups in total. The minimum Gasteiger partial charge on any atom is -0.492 e. The lowest BCUT2D eigenvalue weighted by Gasteiger charge is -2.29. The molecular weight excluding hydrogens is 551 g/mol. The molecule has 0 amide bonds. The molecule has 1 saturated heterocycles. The molecule has 0 saturated carbocycles. The number of β-amino-alcohol motifs (C(OH)–C–C–N with tert-alkyl or cyclic N) is 1. The molecule has 1 heterocycles. The Morgan fingerprint density at radius 3 is 2.36 bits per heavy atom. The van der Waals surface area contributed by atoms with Crippen LogP contribution in [0.3, 0.4) is 0 Å². The van der Waals surface area contributed by atoms with Crippen LogP contribution >= 0.6 is 34.2 Å². The van der Waals surface area contributed by atoms with E-state index in [2.05, 4.69) is 83.9 Å².